The number of hydrogen-bond acceptors (Lipinski definition) is 1. The molecule has 1 atom stereocenters. The zero-order chi connectivity index (χ0) is 9.52. The van der Waals surface area contributed by atoms with E-state index < -0.39 is 0 Å². The molecule has 1 saturated heterocycles. The van der Waals surface area contributed by atoms with Crippen molar-refractivity contribution in [2.24, 2.45) is 0 Å². The summed E-state index contributed by atoms with van der Waals surface area (Å²) in [4.78, 5) is 0. The standard InChI is InChI=1S/C12H16O/c1-3-4-5-6-8-11(2)12-9-7-10-13-12/h4-5,12H,2-3,7,9-10H2,1H3/b5-4+. The highest BCUT2D eigenvalue weighted by Gasteiger charge is 2.16. The second-order valence-electron chi connectivity index (χ2n) is 3.11. The molecule has 1 unspecified atom stereocenters. The van der Waals surface area contributed by atoms with Gasteiger partial charge in [0.15, 0.2) is 0 Å². The van der Waals surface area contributed by atoms with E-state index >= 15 is 0 Å². The molecule has 13 heavy (non-hydrogen) atoms. The Labute approximate surface area is 80.5 Å². The van der Waals surface area contributed by atoms with E-state index in [2.05, 4.69) is 25.3 Å². The second-order valence-corrected chi connectivity index (χ2v) is 3.11. The van der Waals surface area contributed by atoms with Crippen molar-refractivity contribution >= 4 is 0 Å². The summed E-state index contributed by atoms with van der Waals surface area (Å²) in [7, 11) is 0. The summed E-state index contributed by atoms with van der Waals surface area (Å²) in [6.45, 7) is 6.85. The van der Waals surface area contributed by atoms with Gasteiger partial charge in [-0.25, -0.2) is 0 Å². The minimum atomic E-state index is 0.183. The lowest BCUT2D eigenvalue weighted by Gasteiger charge is -2.05. The Morgan fingerprint density at radius 1 is 1.69 bits per heavy atom. The lowest BCUT2D eigenvalue weighted by Crippen LogP contribution is -2.05. The highest BCUT2D eigenvalue weighted by molar-refractivity contribution is 5.33. The first kappa shape index (κ1) is 10.1. The van der Waals surface area contributed by atoms with Gasteiger partial charge in [-0.3, -0.25) is 0 Å². The SMILES string of the molecule is C=C(C#C/C=C/CC)C1CCCO1. The van der Waals surface area contributed by atoms with Crippen molar-refractivity contribution in [1.82, 2.24) is 0 Å². The van der Waals surface area contributed by atoms with Crippen molar-refractivity contribution in [2.45, 2.75) is 32.3 Å². The third-order valence-corrected chi connectivity index (χ3v) is 1.99. The molecule has 0 saturated carbocycles. The lowest BCUT2D eigenvalue weighted by atomic mass is 10.1. The molecule has 1 heteroatoms. The van der Waals surface area contributed by atoms with Crippen LogP contribution in [0.1, 0.15) is 26.2 Å². The van der Waals surface area contributed by atoms with Crippen LogP contribution in [0.25, 0.3) is 0 Å². The van der Waals surface area contributed by atoms with Gasteiger partial charge in [0.2, 0.25) is 0 Å². The molecule has 1 aliphatic rings. The van der Waals surface area contributed by atoms with Crippen LogP contribution < -0.4 is 0 Å². The summed E-state index contributed by atoms with van der Waals surface area (Å²) in [6.07, 6.45) is 7.33. The van der Waals surface area contributed by atoms with Crippen LogP contribution in [0.15, 0.2) is 24.3 Å². The predicted octanol–water partition coefficient (Wildman–Crippen LogP) is 2.69. The van der Waals surface area contributed by atoms with Gasteiger partial charge in [0, 0.05) is 12.2 Å². The van der Waals surface area contributed by atoms with E-state index in [1.165, 1.54) is 0 Å². The van der Waals surface area contributed by atoms with Gasteiger partial charge in [0.25, 0.3) is 0 Å². The fourth-order valence-electron chi connectivity index (χ4n) is 1.24. The van der Waals surface area contributed by atoms with Gasteiger partial charge in [0.1, 0.15) is 0 Å². The topological polar surface area (TPSA) is 9.23 Å². The molecule has 0 aromatic carbocycles. The van der Waals surface area contributed by atoms with E-state index in [1.54, 1.807) is 0 Å². The van der Waals surface area contributed by atoms with Gasteiger partial charge in [0.05, 0.1) is 6.10 Å². The molecule has 1 aliphatic heterocycles. The Balaban J connectivity index is 2.37. The van der Waals surface area contributed by atoms with Crippen LogP contribution in [0.4, 0.5) is 0 Å². The smallest absolute Gasteiger partial charge is 0.0897 e. The molecule has 1 rings (SSSR count). The van der Waals surface area contributed by atoms with Crippen LogP contribution in [0, 0.1) is 11.8 Å². The molecule has 1 nitrogen and oxygen atoms in total. The lowest BCUT2D eigenvalue weighted by molar-refractivity contribution is 0.141. The normalized spacial score (nSPS) is 21.5. The summed E-state index contributed by atoms with van der Waals surface area (Å²) < 4.78 is 5.45. The van der Waals surface area contributed by atoms with Gasteiger partial charge >= 0.3 is 0 Å². The maximum Gasteiger partial charge on any atom is 0.0897 e. The van der Waals surface area contributed by atoms with E-state index in [4.69, 9.17) is 4.74 Å². The minimum absolute atomic E-state index is 0.183. The van der Waals surface area contributed by atoms with Crippen molar-refractivity contribution in [3.8, 4) is 11.8 Å². The van der Waals surface area contributed by atoms with E-state index in [9.17, 15) is 0 Å². The van der Waals surface area contributed by atoms with Crippen molar-refractivity contribution in [3.63, 3.8) is 0 Å². The number of ether oxygens (including phenoxy) is 1. The largest absolute Gasteiger partial charge is 0.373 e. The molecule has 0 radical (unpaired) electrons. The number of allylic oxidation sites excluding steroid dienone is 2. The summed E-state index contributed by atoms with van der Waals surface area (Å²) in [5.74, 6) is 5.96. The molecule has 0 bridgehead atoms. The molecule has 0 spiro atoms. The predicted molar refractivity (Wildman–Crippen MR) is 55.3 cm³/mol. The molecule has 70 valence electrons. The van der Waals surface area contributed by atoms with E-state index in [-0.39, 0.29) is 6.10 Å². The third kappa shape index (κ3) is 3.48. The highest BCUT2D eigenvalue weighted by atomic mass is 16.5. The van der Waals surface area contributed by atoms with Crippen LogP contribution in [0.2, 0.25) is 0 Å². The average Bonchev–Trinajstić information content (AvgIpc) is 2.65. The molecule has 1 fully saturated rings. The van der Waals surface area contributed by atoms with E-state index in [0.29, 0.717) is 0 Å². The number of hydrogen-bond donors (Lipinski definition) is 0. The van der Waals surface area contributed by atoms with E-state index in [1.807, 2.05) is 12.2 Å². The first-order valence-electron chi connectivity index (χ1n) is 4.81. The summed E-state index contributed by atoms with van der Waals surface area (Å²) in [6, 6.07) is 0. The molecule has 0 N–H and O–H groups in total. The van der Waals surface area contributed by atoms with Crippen LogP contribution in [-0.2, 0) is 4.74 Å². The van der Waals surface area contributed by atoms with Crippen molar-refractivity contribution in [3.05, 3.63) is 24.3 Å². The highest BCUT2D eigenvalue weighted by Crippen LogP contribution is 2.17. The van der Waals surface area contributed by atoms with Crippen molar-refractivity contribution < 1.29 is 4.74 Å². The summed E-state index contributed by atoms with van der Waals surface area (Å²) in [5, 5.41) is 0. The Hall–Kier alpha value is -1.00. The van der Waals surface area contributed by atoms with Crippen LogP contribution >= 0.6 is 0 Å². The monoisotopic (exact) mass is 176 g/mol. The number of rotatable bonds is 2. The molecular formula is C12H16O. The molecule has 0 aromatic heterocycles. The van der Waals surface area contributed by atoms with Gasteiger partial charge in [-0.2, -0.15) is 0 Å². The minimum Gasteiger partial charge on any atom is -0.373 e. The second kappa shape index (κ2) is 5.61. The quantitative estimate of drug-likeness (QED) is 0.588. The van der Waals surface area contributed by atoms with Crippen LogP contribution in [0.3, 0.4) is 0 Å². The first-order chi connectivity index (χ1) is 6.34. The molecule has 0 amide bonds. The summed E-state index contributed by atoms with van der Waals surface area (Å²) >= 11 is 0. The Morgan fingerprint density at radius 3 is 3.15 bits per heavy atom. The van der Waals surface area contributed by atoms with Crippen LogP contribution in [-0.4, -0.2) is 12.7 Å². The van der Waals surface area contributed by atoms with Crippen LogP contribution in [0.5, 0.6) is 0 Å². The average molecular weight is 176 g/mol. The van der Waals surface area contributed by atoms with E-state index in [0.717, 1.165) is 31.4 Å². The zero-order valence-corrected chi connectivity index (χ0v) is 8.18. The van der Waals surface area contributed by atoms with Gasteiger partial charge < -0.3 is 4.74 Å². The Morgan fingerprint density at radius 2 is 2.54 bits per heavy atom. The van der Waals surface area contributed by atoms with Gasteiger partial charge in [-0.15, -0.1) is 0 Å². The maximum atomic E-state index is 5.45. The molecule has 0 aromatic rings. The Bertz CT molecular complexity index is 246. The third-order valence-electron chi connectivity index (χ3n) is 1.99. The molecular weight excluding hydrogens is 160 g/mol. The zero-order valence-electron chi connectivity index (χ0n) is 8.18. The first-order valence-corrected chi connectivity index (χ1v) is 4.81. The maximum absolute atomic E-state index is 5.45. The molecule has 1 heterocycles. The fraction of sp³-hybridized carbons (Fsp3) is 0.500. The van der Waals surface area contributed by atoms with Crippen molar-refractivity contribution in [1.29, 1.82) is 0 Å². The fourth-order valence-corrected chi connectivity index (χ4v) is 1.24. The Kier molecular flexibility index (Phi) is 4.35. The van der Waals surface area contributed by atoms with Gasteiger partial charge in [-0.1, -0.05) is 31.4 Å². The van der Waals surface area contributed by atoms with Gasteiger partial charge in [-0.05, 0) is 25.3 Å². The van der Waals surface area contributed by atoms with Crippen molar-refractivity contribution in [2.75, 3.05) is 6.61 Å². The molecule has 0 aliphatic carbocycles. The summed E-state index contributed by atoms with van der Waals surface area (Å²) in [5.41, 5.74) is 0.915.